The second-order valence-corrected chi connectivity index (χ2v) is 15.3. The van der Waals surface area contributed by atoms with Crippen molar-refractivity contribution in [3.63, 3.8) is 0 Å². The highest BCUT2D eigenvalue weighted by atomic mass is 32.1. The van der Waals surface area contributed by atoms with Gasteiger partial charge in [-0.25, -0.2) is 0 Å². The number of thiophene rings is 2. The van der Waals surface area contributed by atoms with Crippen LogP contribution in [0.5, 0.6) is 0 Å². The zero-order chi connectivity index (χ0) is 30.9. The Balaban J connectivity index is 1.10. The van der Waals surface area contributed by atoms with Gasteiger partial charge in [-0.2, -0.15) is 0 Å². The first-order valence-electron chi connectivity index (χ1n) is 16.2. The number of aromatic nitrogens is 1. The molecule has 0 fully saturated rings. The number of benzene rings is 6. The predicted octanol–water partition coefficient (Wildman–Crippen LogP) is 10.6. The Hall–Kier alpha value is -5.16. The zero-order valence-electron chi connectivity index (χ0n) is 25.6. The summed E-state index contributed by atoms with van der Waals surface area (Å²) in [6, 6.07) is 49.5. The van der Waals surface area contributed by atoms with E-state index < -0.39 is 0 Å². The standard InChI is InChI=1S/C43H28N2S2/c1-43-25-42-34(30-12-5-9-17-40(30)47-42)23-35(43)31-13-3-7-15-37(31)45(43)27-20-18-26(19-21-27)44-36-14-6-2-10-28(36)32-22-33-29-11-4-8-16-39(29)46-41(33)24-38(32)44/h2-25,35H,1H3. The van der Waals surface area contributed by atoms with E-state index in [1.54, 1.807) is 0 Å². The SMILES string of the molecule is CC12C=c3sc4ccccc4c3=CC1c1ccccc1N2c1ccc(-n2c3ccccc3c3cc4c(cc32)sc2ccccc24)cc1. The van der Waals surface area contributed by atoms with Gasteiger partial charge < -0.3 is 9.47 Å². The van der Waals surface area contributed by atoms with Gasteiger partial charge in [0.2, 0.25) is 0 Å². The quantitative estimate of drug-likeness (QED) is 0.183. The molecule has 2 aliphatic rings. The number of anilines is 2. The average molecular weight is 637 g/mol. The normalized spacial score (nSPS) is 18.5. The smallest absolute Gasteiger partial charge is 0.0726 e. The molecule has 47 heavy (non-hydrogen) atoms. The molecule has 0 radical (unpaired) electrons. The number of fused-ring (bicyclic) bond motifs is 12. The highest BCUT2D eigenvalue weighted by Gasteiger charge is 2.47. The molecular formula is C43H28N2S2. The van der Waals surface area contributed by atoms with E-state index in [4.69, 9.17) is 0 Å². The van der Waals surface area contributed by atoms with Gasteiger partial charge in [-0.1, -0.05) is 78.9 Å². The lowest BCUT2D eigenvalue weighted by molar-refractivity contribution is 0.592. The third-order valence-electron chi connectivity index (χ3n) is 10.6. The second kappa shape index (κ2) is 9.22. The Morgan fingerprint density at radius 2 is 1.23 bits per heavy atom. The number of rotatable bonds is 2. The van der Waals surface area contributed by atoms with Crippen molar-refractivity contribution in [2.45, 2.75) is 18.4 Å². The Morgan fingerprint density at radius 1 is 0.553 bits per heavy atom. The van der Waals surface area contributed by atoms with Crippen LogP contribution in [0.3, 0.4) is 0 Å². The Morgan fingerprint density at radius 3 is 2.09 bits per heavy atom. The number of hydrogen-bond acceptors (Lipinski definition) is 3. The van der Waals surface area contributed by atoms with Crippen molar-refractivity contribution in [2.24, 2.45) is 0 Å². The molecule has 2 atom stereocenters. The molecule has 4 heteroatoms. The van der Waals surface area contributed by atoms with E-state index >= 15 is 0 Å². The molecule has 3 aromatic heterocycles. The van der Waals surface area contributed by atoms with Crippen LogP contribution in [0.2, 0.25) is 0 Å². The molecule has 1 aliphatic carbocycles. The number of nitrogens with zero attached hydrogens (tertiary/aromatic N) is 2. The van der Waals surface area contributed by atoms with E-state index in [-0.39, 0.29) is 11.5 Å². The minimum Gasteiger partial charge on any atom is -0.331 e. The van der Waals surface area contributed by atoms with Gasteiger partial charge in [0, 0.05) is 63.2 Å². The van der Waals surface area contributed by atoms with Crippen molar-refractivity contribution in [3.8, 4) is 5.69 Å². The van der Waals surface area contributed by atoms with Gasteiger partial charge in [-0.15, -0.1) is 22.7 Å². The number of hydrogen-bond donors (Lipinski definition) is 0. The molecule has 222 valence electrons. The molecule has 6 aromatic carbocycles. The summed E-state index contributed by atoms with van der Waals surface area (Å²) in [5.41, 5.74) is 7.37. The highest BCUT2D eigenvalue weighted by Crippen LogP contribution is 2.54. The fourth-order valence-electron chi connectivity index (χ4n) is 8.51. The lowest BCUT2D eigenvalue weighted by Crippen LogP contribution is -2.46. The lowest BCUT2D eigenvalue weighted by Gasteiger charge is -2.39. The zero-order valence-corrected chi connectivity index (χ0v) is 27.3. The van der Waals surface area contributed by atoms with Gasteiger partial charge in [-0.3, -0.25) is 0 Å². The molecule has 1 aliphatic heterocycles. The Labute approximate surface area is 279 Å². The van der Waals surface area contributed by atoms with Gasteiger partial charge in [0.15, 0.2) is 0 Å². The van der Waals surface area contributed by atoms with E-state index in [9.17, 15) is 0 Å². The van der Waals surface area contributed by atoms with Crippen molar-refractivity contribution in [2.75, 3.05) is 4.90 Å². The van der Waals surface area contributed by atoms with Crippen LogP contribution in [0.15, 0.2) is 133 Å². The second-order valence-electron chi connectivity index (χ2n) is 13.1. The predicted molar refractivity (Wildman–Crippen MR) is 203 cm³/mol. The van der Waals surface area contributed by atoms with E-state index in [0.29, 0.717) is 0 Å². The van der Waals surface area contributed by atoms with Crippen molar-refractivity contribution < 1.29 is 0 Å². The molecule has 0 spiro atoms. The molecule has 0 N–H and O–H groups in total. The first-order chi connectivity index (χ1) is 23.2. The first-order valence-corrected chi connectivity index (χ1v) is 17.9. The van der Waals surface area contributed by atoms with Crippen LogP contribution in [0.4, 0.5) is 11.4 Å². The van der Waals surface area contributed by atoms with E-state index in [1.165, 1.54) is 84.4 Å². The molecular weight excluding hydrogens is 609 g/mol. The van der Waals surface area contributed by atoms with Crippen LogP contribution in [-0.2, 0) is 0 Å². The molecule has 4 heterocycles. The van der Waals surface area contributed by atoms with E-state index in [1.807, 2.05) is 22.7 Å². The minimum absolute atomic E-state index is 0.210. The molecule has 2 unspecified atom stereocenters. The van der Waals surface area contributed by atoms with Gasteiger partial charge in [0.1, 0.15) is 0 Å². The van der Waals surface area contributed by atoms with Crippen molar-refractivity contribution >= 4 is 98.3 Å². The summed E-state index contributed by atoms with van der Waals surface area (Å²) in [6.07, 6.45) is 5.07. The summed E-state index contributed by atoms with van der Waals surface area (Å²) in [5.74, 6) is 0.268. The third kappa shape index (κ3) is 3.44. The van der Waals surface area contributed by atoms with Crippen LogP contribution < -0.4 is 14.7 Å². The Kier molecular flexibility index (Phi) is 5.10. The topological polar surface area (TPSA) is 8.17 Å². The minimum atomic E-state index is -0.210. The summed E-state index contributed by atoms with van der Waals surface area (Å²) >= 11 is 3.80. The van der Waals surface area contributed by atoms with Crippen molar-refractivity contribution in [1.82, 2.24) is 4.57 Å². The van der Waals surface area contributed by atoms with Gasteiger partial charge in [-0.05, 0) is 89.8 Å². The largest absolute Gasteiger partial charge is 0.331 e. The van der Waals surface area contributed by atoms with Crippen molar-refractivity contribution in [3.05, 3.63) is 149 Å². The maximum Gasteiger partial charge on any atom is 0.0726 e. The molecule has 9 aromatic rings. The van der Waals surface area contributed by atoms with Crippen LogP contribution in [-0.4, -0.2) is 10.1 Å². The van der Waals surface area contributed by atoms with Gasteiger partial charge >= 0.3 is 0 Å². The average Bonchev–Trinajstić information content (AvgIpc) is 3.82. The fourth-order valence-corrected chi connectivity index (χ4v) is 10.9. The van der Waals surface area contributed by atoms with Crippen LogP contribution >= 0.6 is 22.7 Å². The molecule has 0 saturated carbocycles. The summed E-state index contributed by atoms with van der Waals surface area (Å²) in [6.45, 7) is 2.42. The van der Waals surface area contributed by atoms with Crippen molar-refractivity contribution in [1.29, 1.82) is 0 Å². The highest BCUT2D eigenvalue weighted by molar-refractivity contribution is 7.25. The van der Waals surface area contributed by atoms with Crippen LogP contribution in [0.25, 0.3) is 69.9 Å². The molecule has 2 nitrogen and oxygen atoms in total. The summed E-state index contributed by atoms with van der Waals surface area (Å²) < 4.78 is 7.85. The molecule has 0 saturated heterocycles. The number of para-hydroxylation sites is 2. The summed E-state index contributed by atoms with van der Waals surface area (Å²) in [4.78, 5) is 2.58. The maximum atomic E-state index is 2.58. The summed E-state index contributed by atoms with van der Waals surface area (Å²) in [7, 11) is 0. The molecule has 0 bridgehead atoms. The fraction of sp³-hybridized carbons (Fsp3) is 0.0698. The van der Waals surface area contributed by atoms with Gasteiger partial charge in [0.25, 0.3) is 0 Å². The molecule has 11 rings (SSSR count). The van der Waals surface area contributed by atoms with E-state index in [2.05, 4.69) is 162 Å². The summed E-state index contributed by atoms with van der Waals surface area (Å²) in [5, 5.41) is 8.03. The first kappa shape index (κ1) is 26.0. The van der Waals surface area contributed by atoms with E-state index in [0.717, 1.165) is 0 Å². The Bertz CT molecular complexity index is 2890. The monoisotopic (exact) mass is 636 g/mol. The van der Waals surface area contributed by atoms with Crippen LogP contribution in [0, 0.1) is 0 Å². The van der Waals surface area contributed by atoms with Gasteiger partial charge in [0.05, 0.1) is 16.6 Å². The third-order valence-corrected chi connectivity index (χ3v) is 12.8. The molecule has 0 amide bonds. The lowest BCUT2D eigenvalue weighted by atomic mass is 9.80. The maximum absolute atomic E-state index is 2.58. The van der Waals surface area contributed by atoms with Crippen LogP contribution in [0.1, 0.15) is 18.4 Å².